The van der Waals surface area contributed by atoms with Crippen LogP contribution in [0.1, 0.15) is 50.3 Å². The molecule has 0 aliphatic rings. The number of aliphatic hydroxyl groups is 1. The summed E-state index contributed by atoms with van der Waals surface area (Å²) in [6.07, 6.45) is -1.47. The van der Waals surface area contributed by atoms with Crippen molar-refractivity contribution in [1.82, 2.24) is 19.9 Å². The average molecular weight is 647 g/mol. The van der Waals surface area contributed by atoms with E-state index < -0.39 is 29.7 Å². The van der Waals surface area contributed by atoms with E-state index >= 15 is 4.39 Å². The Balaban J connectivity index is 1.58. The first kappa shape index (κ1) is 34.4. The molecule has 0 bridgehead atoms. The molecule has 0 radical (unpaired) electrons. The van der Waals surface area contributed by atoms with Crippen molar-refractivity contribution in [2.24, 2.45) is 22.2 Å². The van der Waals surface area contributed by atoms with Crippen LogP contribution >= 0.6 is 0 Å². The smallest absolute Gasteiger partial charge is 0.403 e. The van der Waals surface area contributed by atoms with E-state index in [4.69, 9.17) is 17.2 Å². The Kier molecular flexibility index (Phi) is 11.0. The number of H-pyrrole nitrogens is 1. The van der Waals surface area contributed by atoms with E-state index in [1.54, 1.807) is 12.1 Å². The van der Waals surface area contributed by atoms with Crippen molar-refractivity contribution >= 4 is 17.0 Å². The lowest BCUT2D eigenvalue weighted by atomic mass is 10.0. The Morgan fingerprint density at radius 1 is 1.15 bits per heavy atom. The van der Waals surface area contributed by atoms with Crippen molar-refractivity contribution in [3.63, 3.8) is 0 Å². The fourth-order valence-corrected chi connectivity index (χ4v) is 5.06. The zero-order valence-electron chi connectivity index (χ0n) is 25.4. The maximum absolute atomic E-state index is 15.4. The van der Waals surface area contributed by atoms with Gasteiger partial charge in [0.1, 0.15) is 5.65 Å². The molecule has 4 rings (SSSR count). The molecule has 248 valence electrons. The molecule has 0 saturated heterocycles. The zero-order chi connectivity index (χ0) is 33.6. The summed E-state index contributed by atoms with van der Waals surface area (Å²) in [5, 5.41) is 13.2. The number of aromatic nitrogens is 3. The highest BCUT2D eigenvalue weighted by atomic mass is 19.4. The molecule has 15 heteroatoms. The van der Waals surface area contributed by atoms with E-state index in [-0.39, 0.29) is 41.6 Å². The van der Waals surface area contributed by atoms with Crippen LogP contribution in [0, 0.1) is 5.82 Å². The number of rotatable bonds is 14. The quantitative estimate of drug-likeness (QED) is 0.0680. The Hall–Kier alpha value is -4.47. The Morgan fingerprint density at radius 3 is 2.50 bits per heavy atom. The second-order valence-electron chi connectivity index (χ2n) is 11.2. The summed E-state index contributed by atoms with van der Waals surface area (Å²) in [5.41, 5.74) is 18.0. The van der Waals surface area contributed by atoms with Gasteiger partial charge in [0, 0.05) is 29.2 Å². The standard InChI is InChI=1S/C31H38F4N8O3/c1-17(36)4-3-5-19-12-24(27(32)26(13-19)46-31(33,34)35)25-14-21-15-43(30(45)42-28(21)41-25)23-8-6-20(7-9-23)18(2)39-11-10-22(16-44)40-29(37)38/h6-9,12-15,17-18,22,39,44H,3-5,10-11,16,36H2,1-2H3,(H4,37,38,40)(H,41,42,45)/t17-,18-,22+/m0/s1. The van der Waals surface area contributed by atoms with E-state index in [9.17, 15) is 23.1 Å². The zero-order valence-corrected chi connectivity index (χ0v) is 25.4. The average Bonchev–Trinajstić information content (AvgIpc) is 3.39. The van der Waals surface area contributed by atoms with Crippen LogP contribution in [0.25, 0.3) is 28.0 Å². The van der Waals surface area contributed by atoms with Crippen molar-refractivity contribution < 1.29 is 27.4 Å². The maximum Gasteiger partial charge on any atom is 0.573 e. The van der Waals surface area contributed by atoms with Crippen LogP contribution < -0.4 is 32.9 Å². The molecule has 0 unspecified atom stereocenters. The second kappa shape index (κ2) is 14.7. The number of benzene rings is 2. The van der Waals surface area contributed by atoms with Gasteiger partial charge >= 0.3 is 12.1 Å². The van der Waals surface area contributed by atoms with Crippen LogP contribution in [0.3, 0.4) is 0 Å². The number of guanidine groups is 1. The molecular weight excluding hydrogens is 608 g/mol. The molecule has 3 atom stereocenters. The van der Waals surface area contributed by atoms with Gasteiger partial charge in [0.05, 0.1) is 24.0 Å². The number of nitrogens with one attached hydrogen (secondary N) is 2. The van der Waals surface area contributed by atoms with Gasteiger partial charge in [0.15, 0.2) is 17.5 Å². The highest BCUT2D eigenvalue weighted by Gasteiger charge is 2.33. The molecule has 0 aliphatic heterocycles. The van der Waals surface area contributed by atoms with E-state index in [1.165, 1.54) is 22.9 Å². The number of hydrogen-bond acceptors (Lipinski definition) is 7. The number of nitrogens with zero attached hydrogens (tertiary/aromatic N) is 3. The molecule has 2 aromatic heterocycles. The summed E-state index contributed by atoms with van der Waals surface area (Å²) < 4.78 is 59.9. The van der Waals surface area contributed by atoms with Crippen LogP contribution in [-0.4, -0.2) is 57.2 Å². The van der Waals surface area contributed by atoms with Crippen molar-refractivity contribution in [2.45, 2.75) is 64.0 Å². The van der Waals surface area contributed by atoms with Crippen LogP contribution in [0.2, 0.25) is 0 Å². The third-order valence-corrected chi connectivity index (χ3v) is 7.39. The minimum atomic E-state index is -5.09. The number of ether oxygens (including phenoxy) is 1. The highest BCUT2D eigenvalue weighted by Crippen LogP contribution is 2.35. The summed E-state index contributed by atoms with van der Waals surface area (Å²) in [6.45, 7) is 4.15. The fourth-order valence-electron chi connectivity index (χ4n) is 5.06. The molecule has 4 aromatic rings. The Bertz CT molecular complexity index is 1710. The van der Waals surface area contributed by atoms with Gasteiger partial charge in [-0.3, -0.25) is 4.57 Å². The number of aliphatic imine (C=N–C) groups is 1. The summed E-state index contributed by atoms with van der Waals surface area (Å²) >= 11 is 0. The summed E-state index contributed by atoms with van der Waals surface area (Å²) in [5.74, 6) is -2.23. The van der Waals surface area contributed by atoms with Crippen LogP contribution in [0.15, 0.2) is 58.4 Å². The SMILES string of the molecule is C[C@H](N)CCCc1cc(OC(F)(F)F)c(F)c(-c2cc3cn(-c4ccc([C@H](C)NCC[C@H](CO)N=C(N)N)cc4)c(=O)nc3[nH]2)c1. The maximum atomic E-state index is 15.4. The summed E-state index contributed by atoms with van der Waals surface area (Å²) in [4.78, 5) is 23.9. The second-order valence-corrected chi connectivity index (χ2v) is 11.2. The van der Waals surface area contributed by atoms with Gasteiger partial charge in [-0.15, -0.1) is 13.2 Å². The van der Waals surface area contributed by atoms with Gasteiger partial charge in [0.25, 0.3) is 0 Å². The van der Waals surface area contributed by atoms with E-state index in [0.29, 0.717) is 48.9 Å². The molecule has 2 heterocycles. The van der Waals surface area contributed by atoms with Crippen molar-refractivity contribution in [3.8, 4) is 22.7 Å². The topological polar surface area (TPSA) is 183 Å². The van der Waals surface area contributed by atoms with Crippen molar-refractivity contribution in [3.05, 3.63) is 76.1 Å². The highest BCUT2D eigenvalue weighted by molar-refractivity contribution is 5.83. The number of nitrogens with two attached hydrogens (primary N) is 3. The normalized spacial score (nSPS) is 13.8. The van der Waals surface area contributed by atoms with Crippen LogP contribution in [0.4, 0.5) is 17.6 Å². The lowest BCUT2D eigenvalue weighted by molar-refractivity contribution is -0.275. The molecule has 2 aromatic carbocycles. The van der Waals surface area contributed by atoms with E-state index in [1.807, 2.05) is 26.0 Å². The number of halogens is 4. The molecule has 11 nitrogen and oxygen atoms in total. The molecule has 9 N–H and O–H groups in total. The first-order valence-electron chi connectivity index (χ1n) is 14.7. The number of fused-ring (bicyclic) bond motifs is 1. The molecule has 0 aliphatic carbocycles. The molecular formula is C31H38F4N8O3. The third kappa shape index (κ3) is 9.05. The molecule has 0 amide bonds. The monoisotopic (exact) mass is 646 g/mol. The van der Waals surface area contributed by atoms with Gasteiger partial charge in [-0.2, -0.15) is 4.98 Å². The van der Waals surface area contributed by atoms with Crippen molar-refractivity contribution in [2.75, 3.05) is 13.2 Å². The van der Waals surface area contributed by atoms with Crippen LogP contribution in [-0.2, 0) is 6.42 Å². The van der Waals surface area contributed by atoms with Gasteiger partial charge in [-0.05, 0) is 87.5 Å². The Labute approximate surface area is 262 Å². The third-order valence-electron chi connectivity index (χ3n) is 7.39. The number of alkyl halides is 3. The largest absolute Gasteiger partial charge is 0.573 e. The van der Waals surface area contributed by atoms with E-state index in [0.717, 1.165) is 11.6 Å². The van der Waals surface area contributed by atoms with Gasteiger partial charge in [-0.25, -0.2) is 14.2 Å². The number of aliphatic hydroxyl groups excluding tert-OH is 1. The minimum Gasteiger partial charge on any atom is -0.403 e. The van der Waals surface area contributed by atoms with Gasteiger partial charge in [0.2, 0.25) is 0 Å². The number of hydrogen-bond donors (Lipinski definition) is 6. The Morgan fingerprint density at radius 2 is 1.87 bits per heavy atom. The van der Waals surface area contributed by atoms with Gasteiger partial charge < -0.3 is 37.3 Å². The van der Waals surface area contributed by atoms with E-state index in [2.05, 4.69) is 25.0 Å². The summed E-state index contributed by atoms with van der Waals surface area (Å²) in [6, 6.07) is 10.6. The summed E-state index contributed by atoms with van der Waals surface area (Å²) in [7, 11) is 0. The first-order valence-corrected chi connectivity index (χ1v) is 14.7. The predicted octanol–water partition coefficient (Wildman–Crippen LogP) is 3.76. The molecule has 46 heavy (non-hydrogen) atoms. The number of aryl methyl sites for hydroxylation is 1. The molecule has 0 spiro atoms. The van der Waals surface area contributed by atoms with Gasteiger partial charge in [-0.1, -0.05) is 12.1 Å². The first-order chi connectivity index (χ1) is 21.7. The lowest BCUT2D eigenvalue weighted by Gasteiger charge is -2.17. The predicted molar refractivity (Wildman–Crippen MR) is 168 cm³/mol. The minimum absolute atomic E-state index is 0.0623. The number of aromatic amines is 1. The van der Waals surface area contributed by atoms with Crippen LogP contribution in [0.5, 0.6) is 5.75 Å². The lowest BCUT2D eigenvalue weighted by Crippen LogP contribution is -2.29. The fraction of sp³-hybridized carbons (Fsp3) is 0.387. The molecule has 0 fully saturated rings. The molecule has 0 saturated carbocycles. The van der Waals surface area contributed by atoms with Crippen molar-refractivity contribution in [1.29, 1.82) is 0 Å².